The maximum absolute atomic E-state index is 5.36. The molecule has 0 spiro atoms. The first-order valence-electron chi connectivity index (χ1n) is 3.19. The average Bonchev–Trinajstić information content (AvgIpc) is 2.07. The summed E-state index contributed by atoms with van der Waals surface area (Å²) in [5, 5.41) is 0. The monoisotopic (exact) mass is 172 g/mol. The van der Waals surface area contributed by atoms with Crippen LogP contribution in [0.5, 0.6) is 11.5 Å². The second-order valence-electron chi connectivity index (χ2n) is 1.93. The molecule has 0 heterocycles. The Hall–Kier alpha value is -0.890. The summed E-state index contributed by atoms with van der Waals surface area (Å²) in [5.41, 5.74) is 0. The highest BCUT2D eigenvalue weighted by molar-refractivity contribution is 6.17. The van der Waals surface area contributed by atoms with Crippen LogP contribution in [0.2, 0.25) is 0 Å². The van der Waals surface area contributed by atoms with Gasteiger partial charge in [0.25, 0.3) is 0 Å². The fraction of sp³-hybridized carbons (Fsp3) is 0.250. The van der Waals surface area contributed by atoms with Gasteiger partial charge in [-0.1, -0.05) is 11.6 Å². The molecule has 0 saturated heterocycles. The predicted octanol–water partition coefficient (Wildman–Crippen LogP) is 2.27. The van der Waals surface area contributed by atoms with Gasteiger partial charge in [-0.3, -0.25) is 0 Å². The van der Waals surface area contributed by atoms with Crippen LogP contribution >= 0.6 is 11.6 Å². The molecule has 0 radical (unpaired) electrons. The van der Waals surface area contributed by atoms with Gasteiger partial charge in [0, 0.05) is 0 Å². The van der Waals surface area contributed by atoms with E-state index in [1.54, 1.807) is 19.2 Å². The van der Waals surface area contributed by atoms with Crippen LogP contribution in [-0.4, -0.2) is 13.2 Å². The maximum atomic E-state index is 5.36. The Balaban J connectivity index is 2.66. The molecule has 0 N–H and O–H groups in total. The number of rotatable bonds is 3. The van der Waals surface area contributed by atoms with Gasteiger partial charge in [-0.05, 0) is 24.3 Å². The highest BCUT2D eigenvalue weighted by Crippen LogP contribution is 2.16. The molecule has 0 aliphatic heterocycles. The second-order valence-corrected chi connectivity index (χ2v) is 2.15. The fourth-order valence-electron chi connectivity index (χ4n) is 0.735. The van der Waals surface area contributed by atoms with Crippen molar-refractivity contribution in [2.75, 3.05) is 13.2 Å². The van der Waals surface area contributed by atoms with Gasteiger partial charge < -0.3 is 9.47 Å². The average molecular weight is 173 g/mol. The summed E-state index contributed by atoms with van der Waals surface area (Å²) in [7, 11) is 1.62. The summed E-state index contributed by atoms with van der Waals surface area (Å²) in [6, 6.07) is 7.43. The molecule has 0 unspecified atom stereocenters. The molecular weight excluding hydrogens is 164 g/mol. The lowest BCUT2D eigenvalue weighted by Crippen LogP contribution is -1.88. The molecule has 1 rings (SSSR count). The zero-order valence-corrected chi connectivity index (χ0v) is 6.97. The molecular formula is C8H9ClO2. The van der Waals surface area contributed by atoms with Crippen LogP contribution in [-0.2, 0) is 0 Å². The first-order chi connectivity index (χ1) is 5.36. The van der Waals surface area contributed by atoms with E-state index in [9.17, 15) is 0 Å². The molecule has 0 aliphatic rings. The summed E-state index contributed by atoms with van der Waals surface area (Å²) in [5.74, 6) is 1.56. The van der Waals surface area contributed by atoms with Crippen molar-refractivity contribution in [3.8, 4) is 11.5 Å². The zero-order chi connectivity index (χ0) is 8.10. The molecule has 60 valence electrons. The first kappa shape index (κ1) is 8.21. The van der Waals surface area contributed by atoms with E-state index in [-0.39, 0.29) is 6.07 Å². The van der Waals surface area contributed by atoms with Crippen molar-refractivity contribution in [1.29, 1.82) is 0 Å². The fourth-order valence-corrected chi connectivity index (χ4v) is 0.861. The zero-order valence-electron chi connectivity index (χ0n) is 6.21. The van der Waals surface area contributed by atoms with Crippen molar-refractivity contribution >= 4 is 11.6 Å². The van der Waals surface area contributed by atoms with Crippen LogP contribution in [0.25, 0.3) is 0 Å². The van der Waals surface area contributed by atoms with E-state index in [2.05, 4.69) is 0 Å². The lowest BCUT2D eigenvalue weighted by Gasteiger charge is -2.02. The smallest absolute Gasteiger partial charge is 0.162 e. The number of benzene rings is 1. The third-order valence-electron chi connectivity index (χ3n) is 1.28. The summed E-state index contributed by atoms with van der Waals surface area (Å²) in [4.78, 5) is 0. The number of ether oxygens (including phenoxy) is 2. The number of hydrogen-bond acceptors (Lipinski definition) is 2. The molecule has 1 aromatic carbocycles. The summed E-state index contributed by atoms with van der Waals surface area (Å²) < 4.78 is 9.97. The quantitative estimate of drug-likeness (QED) is 0.652. The van der Waals surface area contributed by atoms with E-state index in [0.29, 0.717) is 0 Å². The van der Waals surface area contributed by atoms with Crippen LogP contribution in [0.3, 0.4) is 0 Å². The van der Waals surface area contributed by atoms with Crippen molar-refractivity contribution in [3.63, 3.8) is 0 Å². The van der Waals surface area contributed by atoms with E-state index in [4.69, 9.17) is 21.1 Å². The Labute approximate surface area is 70.7 Å². The number of alkyl halides is 1. The van der Waals surface area contributed by atoms with E-state index >= 15 is 0 Å². The minimum atomic E-state index is 0.173. The van der Waals surface area contributed by atoms with Gasteiger partial charge in [-0.25, -0.2) is 0 Å². The Morgan fingerprint density at radius 2 is 1.73 bits per heavy atom. The minimum absolute atomic E-state index is 0.173. The topological polar surface area (TPSA) is 18.5 Å². The molecule has 11 heavy (non-hydrogen) atoms. The molecule has 0 aliphatic carbocycles. The van der Waals surface area contributed by atoms with Gasteiger partial charge >= 0.3 is 0 Å². The number of methoxy groups -OCH3 is 1. The largest absolute Gasteiger partial charge is 0.497 e. The first-order valence-corrected chi connectivity index (χ1v) is 3.73. The van der Waals surface area contributed by atoms with Crippen molar-refractivity contribution in [1.82, 2.24) is 0 Å². The molecule has 0 bridgehead atoms. The van der Waals surface area contributed by atoms with Gasteiger partial charge in [-0.2, -0.15) is 0 Å². The molecule has 0 atom stereocenters. The van der Waals surface area contributed by atoms with Crippen LogP contribution < -0.4 is 9.47 Å². The third kappa shape index (κ3) is 2.31. The molecule has 2 nitrogen and oxygen atoms in total. The normalized spacial score (nSPS) is 9.27. The molecule has 0 aromatic heterocycles. The molecule has 0 fully saturated rings. The molecule has 0 amide bonds. The molecule has 0 saturated carbocycles. The van der Waals surface area contributed by atoms with Crippen LogP contribution in [0.15, 0.2) is 24.3 Å². The van der Waals surface area contributed by atoms with E-state index < -0.39 is 0 Å². The predicted molar refractivity (Wildman–Crippen MR) is 44.3 cm³/mol. The van der Waals surface area contributed by atoms with Crippen molar-refractivity contribution < 1.29 is 9.47 Å². The lowest BCUT2D eigenvalue weighted by atomic mass is 10.3. The minimum Gasteiger partial charge on any atom is -0.497 e. The van der Waals surface area contributed by atoms with Gasteiger partial charge in [-0.15, -0.1) is 0 Å². The Morgan fingerprint density at radius 1 is 1.18 bits per heavy atom. The molecule has 3 heteroatoms. The third-order valence-corrected chi connectivity index (χ3v) is 1.39. The number of halogens is 1. The summed E-state index contributed by atoms with van der Waals surface area (Å²) in [6.45, 7) is 0. The Kier molecular flexibility index (Phi) is 3.05. The Bertz CT molecular complexity index is 208. The second kappa shape index (κ2) is 4.09. The van der Waals surface area contributed by atoms with E-state index in [1.165, 1.54) is 0 Å². The van der Waals surface area contributed by atoms with E-state index in [0.717, 1.165) is 11.5 Å². The van der Waals surface area contributed by atoms with Crippen LogP contribution in [0.1, 0.15) is 0 Å². The van der Waals surface area contributed by atoms with Crippen LogP contribution in [0, 0.1) is 0 Å². The SMILES string of the molecule is COc1ccc(OCCl)cc1. The number of hydrogen-bond donors (Lipinski definition) is 0. The Morgan fingerprint density at radius 3 is 2.18 bits per heavy atom. The summed E-state index contributed by atoms with van der Waals surface area (Å²) in [6.07, 6.45) is 0. The summed E-state index contributed by atoms with van der Waals surface area (Å²) >= 11 is 5.36. The highest BCUT2D eigenvalue weighted by Gasteiger charge is 1.92. The van der Waals surface area contributed by atoms with Gasteiger partial charge in [0.1, 0.15) is 11.5 Å². The van der Waals surface area contributed by atoms with Gasteiger partial charge in [0.15, 0.2) is 6.07 Å². The van der Waals surface area contributed by atoms with Gasteiger partial charge in [0.05, 0.1) is 7.11 Å². The van der Waals surface area contributed by atoms with Crippen molar-refractivity contribution in [2.24, 2.45) is 0 Å². The standard InChI is InChI=1S/C8H9ClO2/c1-10-7-2-4-8(5-3-7)11-6-9/h2-5H,6H2,1H3. The van der Waals surface area contributed by atoms with Crippen molar-refractivity contribution in [2.45, 2.75) is 0 Å². The molecule has 1 aromatic rings. The highest BCUT2D eigenvalue weighted by atomic mass is 35.5. The maximum Gasteiger partial charge on any atom is 0.162 e. The van der Waals surface area contributed by atoms with E-state index in [1.807, 2.05) is 12.1 Å². The van der Waals surface area contributed by atoms with Crippen molar-refractivity contribution in [3.05, 3.63) is 24.3 Å². The van der Waals surface area contributed by atoms with Gasteiger partial charge in [0.2, 0.25) is 0 Å². The lowest BCUT2D eigenvalue weighted by molar-refractivity contribution is 0.384. The van der Waals surface area contributed by atoms with Crippen LogP contribution in [0.4, 0.5) is 0 Å².